The molecule has 0 bridgehead atoms. The van der Waals surface area contributed by atoms with Crippen LogP contribution in [0.1, 0.15) is 32.4 Å². The molecule has 1 aromatic rings. The topological polar surface area (TPSA) is 32.3 Å². The van der Waals surface area contributed by atoms with Crippen molar-refractivity contribution in [1.82, 2.24) is 5.32 Å². The summed E-state index contributed by atoms with van der Waals surface area (Å²) in [5.41, 5.74) is 0.733. The molecule has 0 heterocycles. The van der Waals surface area contributed by atoms with Crippen LogP contribution in [0.15, 0.2) is 12.1 Å². The fourth-order valence-corrected chi connectivity index (χ4v) is 2.18. The van der Waals surface area contributed by atoms with Gasteiger partial charge in [0.25, 0.3) is 0 Å². The Hall–Kier alpha value is 0.01000. The van der Waals surface area contributed by atoms with Crippen LogP contribution >= 0.6 is 34.8 Å². The summed E-state index contributed by atoms with van der Waals surface area (Å²) in [4.78, 5) is 0. The van der Waals surface area contributed by atoms with E-state index in [0.717, 1.165) is 5.56 Å². The zero-order chi connectivity index (χ0) is 13.9. The summed E-state index contributed by atoms with van der Waals surface area (Å²) in [6.45, 7) is 6.79. The van der Waals surface area contributed by atoms with Crippen molar-refractivity contribution in [1.29, 1.82) is 0 Å². The Morgan fingerprint density at radius 3 is 2.39 bits per heavy atom. The van der Waals surface area contributed by atoms with Crippen molar-refractivity contribution in [2.24, 2.45) is 5.41 Å². The molecule has 102 valence electrons. The summed E-state index contributed by atoms with van der Waals surface area (Å²) in [6.07, 6.45) is 0. The van der Waals surface area contributed by atoms with Crippen molar-refractivity contribution < 1.29 is 5.11 Å². The van der Waals surface area contributed by atoms with Crippen molar-refractivity contribution in [2.45, 2.75) is 26.8 Å². The van der Waals surface area contributed by atoms with Crippen LogP contribution in [0.3, 0.4) is 0 Å². The smallest absolute Gasteiger partial charge is 0.0781 e. The molecule has 1 atom stereocenters. The van der Waals surface area contributed by atoms with Gasteiger partial charge in [-0.25, -0.2) is 0 Å². The van der Waals surface area contributed by atoms with E-state index in [2.05, 4.69) is 5.32 Å². The predicted octanol–water partition coefficient (Wildman–Crippen LogP) is 4.32. The first-order chi connectivity index (χ1) is 8.28. The van der Waals surface area contributed by atoms with Crippen LogP contribution in [0.4, 0.5) is 0 Å². The molecular weight excluding hydrogens is 293 g/mol. The molecule has 0 amide bonds. The number of nitrogens with one attached hydrogen (secondary N) is 1. The largest absolute Gasteiger partial charge is 0.396 e. The van der Waals surface area contributed by atoms with Gasteiger partial charge in [0.15, 0.2) is 0 Å². The maximum absolute atomic E-state index is 9.21. The molecule has 0 saturated heterocycles. The second-order valence-corrected chi connectivity index (χ2v) is 6.35. The normalized spacial score (nSPS) is 13.7. The zero-order valence-corrected chi connectivity index (χ0v) is 13.0. The Balaban J connectivity index is 2.79. The lowest BCUT2D eigenvalue weighted by Crippen LogP contribution is -2.33. The van der Waals surface area contributed by atoms with E-state index in [1.807, 2.05) is 26.8 Å². The number of hydrogen-bond donors (Lipinski definition) is 2. The minimum Gasteiger partial charge on any atom is -0.396 e. The lowest BCUT2D eigenvalue weighted by molar-refractivity contribution is 0.154. The Labute approximate surface area is 123 Å². The highest BCUT2D eigenvalue weighted by molar-refractivity contribution is 6.48. The number of aliphatic hydroxyl groups excluding tert-OH is 1. The number of benzene rings is 1. The lowest BCUT2D eigenvalue weighted by atomic mass is 9.94. The molecule has 0 spiro atoms. The lowest BCUT2D eigenvalue weighted by Gasteiger charge is -2.25. The zero-order valence-electron chi connectivity index (χ0n) is 10.7. The van der Waals surface area contributed by atoms with Crippen molar-refractivity contribution in [2.75, 3.05) is 13.2 Å². The van der Waals surface area contributed by atoms with Gasteiger partial charge in [0.2, 0.25) is 0 Å². The van der Waals surface area contributed by atoms with E-state index < -0.39 is 0 Å². The Kier molecular flexibility index (Phi) is 5.75. The molecule has 0 fully saturated rings. The molecule has 1 aromatic carbocycles. The number of aliphatic hydroxyl groups is 1. The first-order valence-electron chi connectivity index (χ1n) is 5.76. The summed E-state index contributed by atoms with van der Waals surface area (Å²) < 4.78 is 0. The van der Waals surface area contributed by atoms with Crippen molar-refractivity contribution >= 4 is 34.8 Å². The van der Waals surface area contributed by atoms with E-state index in [1.165, 1.54) is 0 Å². The average molecular weight is 311 g/mol. The number of hydrogen-bond acceptors (Lipinski definition) is 2. The minimum absolute atomic E-state index is 0.0399. The van der Waals surface area contributed by atoms with Crippen molar-refractivity contribution in [3.63, 3.8) is 0 Å². The average Bonchev–Trinajstić information content (AvgIpc) is 2.33. The van der Waals surface area contributed by atoms with E-state index in [-0.39, 0.29) is 18.1 Å². The fraction of sp³-hybridized carbons (Fsp3) is 0.538. The van der Waals surface area contributed by atoms with Gasteiger partial charge in [0.05, 0.1) is 15.1 Å². The van der Waals surface area contributed by atoms with E-state index in [9.17, 15) is 5.11 Å². The molecule has 1 unspecified atom stereocenters. The third kappa shape index (κ3) is 4.01. The highest BCUT2D eigenvalue weighted by Gasteiger charge is 2.19. The summed E-state index contributed by atoms with van der Waals surface area (Å²) in [6, 6.07) is 3.64. The molecular formula is C13H18Cl3NO. The third-order valence-corrected chi connectivity index (χ3v) is 4.15. The predicted molar refractivity (Wildman–Crippen MR) is 78.8 cm³/mol. The Morgan fingerprint density at radius 2 is 1.83 bits per heavy atom. The van der Waals surface area contributed by atoms with Gasteiger partial charge in [-0.1, -0.05) is 54.7 Å². The van der Waals surface area contributed by atoms with E-state index >= 15 is 0 Å². The van der Waals surface area contributed by atoms with Crippen LogP contribution < -0.4 is 5.32 Å². The summed E-state index contributed by atoms with van der Waals surface area (Å²) in [5, 5.41) is 13.8. The standard InChI is InChI=1S/C13H18Cl3NO/c1-8(17-6-13(2,3)7-18)9-4-5-10(14)12(16)11(9)15/h4-5,8,17-18H,6-7H2,1-3H3. The molecule has 0 aliphatic carbocycles. The van der Waals surface area contributed by atoms with Gasteiger partial charge >= 0.3 is 0 Å². The fourth-order valence-electron chi connectivity index (χ4n) is 1.47. The molecule has 5 heteroatoms. The summed E-state index contributed by atoms with van der Waals surface area (Å²) >= 11 is 18.1. The summed E-state index contributed by atoms with van der Waals surface area (Å²) in [7, 11) is 0. The van der Waals surface area contributed by atoms with Gasteiger partial charge in [-0.15, -0.1) is 0 Å². The van der Waals surface area contributed by atoms with Crippen LogP contribution in [-0.2, 0) is 0 Å². The molecule has 2 nitrogen and oxygen atoms in total. The van der Waals surface area contributed by atoms with Crippen molar-refractivity contribution in [3.05, 3.63) is 32.8 Å². The molecule has 1 rings (SSSR count). The van der Waals surface area contributed by atoms with Crippen LogP contribution in [0.5, 0.6) is 0 Å². The van der Waals surface area contributed by atoms with Crippen LogP contribution in [-0.4, -0.2) is 18.3 Å². The second-order valence-electron chi connectivity index (χ2n) is 5.19. The SMILES string of the molecule is CC(NCC(C)(C)CO)c1ccc(Cl)c(Cl)c1Cl. The maximum atomic E-state index is 9.21. The third-order valence-electron chi connectivity index (χ3n) is 2.85. The molecule has 0 aliphatic rings. The summed E-state index contributed by atoms with van der Waals surface area (Å²) in [5.74, 6) is 0. The number of halogens is 3. The molecule has 0 saturated carbocycles. The van der Waals surface area contributed by atoms with Gasteiger partial charge < -0.3 is 10.4 Å². The van der Waals surface area contributed by atoms with Crippen LogP contribution in [0, 0.1) is 5.41 Å². The van der Waals surface area contributed by atoms with Crippen LogP contribution in [0.2, 0.25) is 15.1 Å². The van der Waals surface area contributed by atoms with Gasteiger partial charge in [-0.2, -0.15) is 0 Å². The van der Waals surface area contributed by atoms with E-state index in [4.69, 9.17) is 34.8 Å². The first kappa shape index (κ1) is 16.1. The van der Waals surface area contributed by atoms with E-state index in [1.54, 1.807) is 6.07 Å². The van der Waals surface area contributed by atoms with Gasteiger partial charge in [0, 0.05) is 24.6 Å². The minimum atomic E-state index is -0.170. The highest BCUT2D eigenvalue weighted by atomic mass is 35.5. The second kappa shape index (κ2) is 6.44. The highest BCUT2D eigenvalue weighted by Crippen LogP contribution is 2.35. The molecule has 18 heavy (non-hydrogen) atoms. The maximum Gasteiger partial charge on any atom is 0.0781 e. The quantitative estimate of drug-likeness (QED) is 0.794. The van der Waals surface area contributed by atoms with Crippen LogP contribution in [0.25, 0.3) is 0 Å². The van der Waals surface area contributed by atoms with Gasteiger partial charge in [-0.05, 0) is 18.6 Å². The number of rotatable bonds is 5. The molecule has 0 radical (unpaired) electrons. The molecule has 0 aliphatic heterocycles. The Morgan fingerprint density at radius 1 is 1.22 bits per heavy atom. The Bertz CT molecular complexity index is 421. The van der Waals surface area contributed by atoms with Gasteiger partial charge in [-0.3, -0.25) is 0 Å². The first-order valence-corrected chi connectivity index (χ1v) is 6.89. The molecule has 0 aromatic heterocycles. The molecule has 2 N–H and O–H groups in total. The van der Waals surface area contributed by atoms with Gasteiger partial charge in [0.1, 0.15) is 0 Å². The van der Waals surface area contributed by atoms with Crippen molar-refractivity contribution in [3.8, 4) is 0 Å². The van der Waals surface area contributed by atoms with E-state index in [0.29, 0.717) is 21.6 Å². The monoisotopic (exact) mass is 309 g/mol.